The van der Waals surface area contributed by atoms with E-state index in [9.17, 15) is 25.2 Å². The second kappa shape index (κ2) is 9.84. The zero-order chi connectivity index (χ0) is 19.1. The van der Waals surface area contributed by atoms with Crippen LogP contribution < -0.4 is 5.32 Å². The minimum atomic E-state index is -1.41. The third kappa shape index (κ3) is 5.65. The second-order valence-corrected chi connectivity index (χ2v) is 6.60. The number of carboxylic acid groups (broad SMARTS) is 1. The molecule has 0 spiro atoms. The lowest BCUT2D eigenvalue weighted by atomic mass is 9.90. The SMILES string of the molecule is O=C(O)CCCC(C[C@H]1O[C@H](CO)[C@H](O)[C@H](O)[C@H]1O)Nc1ccccc1. The van der Waals surface area contributed by atoms with Gasteiger partial charge >= 0.3 is 5.97 Å². The molecule has 1 aromatic carbocycles. The molecule has 1 aromatic rings. The summed E-state index contributed by atoms with van der Waals surface area (Å²) in [6.45, 7) is -0.475. The van der Waals surface area contributed by atoms with E-state index in [-0.39, 0.29) is 18.9 Å². The number of hydrogen-bond donors (Lipinski definition) is 6. The summed E-state index contributed by atoms with van der Waals surface area (Å²) in [5.74, 6) is -0.878. The lowest BCUT2D eigenvalue weighted by Gasteiger charge is -2.41. The first-order valence-electron chi connectivity index (χ1n) is 8.76. The van der Waals surface area contributed by atoms with Crippen LogP contribution in [-0.2, 0) is 9.53 Å². The molecule has 1 aliphatic heterocycles. The number of anilines is 1. The molecule has 0 saturated carbocycles. The smallest absolute Gasteiger partial charge is 0.303 e. The summed E-state index contributed by atoms with van der Waals surface area (Å²) in [6, 6.07) is 9.14. The van der Waals surface area contributed by atoms with Crippen molar-refractivity contribution in [3.63, 3.8) is 0 Å². The van der Waals surface area contributed by atoms with Crippen LogP contribution in [0, 0.1) is 0 Å². The first kappa shape index (κ1) is 20.6. The summed E-state index contributed by atoms with van der Waals surface area (Å²) in [5, 5.41) is 51.4. The highest BCUT2D eigenvalue weighted by Gasteiger charge is 2.43. The number of rotatable bonds is 9. The van der Waals surface area contributed by atoms with Gasteiger partial charge in [0.15, 0.2) is 0 Å². The molecule has 8 heteroatoms. The Kier molecular flexibility index (Phi) is 7.80. The van der Waals surface area contributed by atoms with E-state index in [2.05, 4.69) is 5.32 Å². The van der Waals surface area contributed by atoms with E-state index >= 15 is 0 Å². The van der Waals surface area contributed by atoms with Gasteiger partial charge in [-0.15, -0.1) is 0 Å². The molecule has 1 unspecified atom stereocenters. The predicted octanol–water partition coefficient (Wildman–Crippen LogP) is -0.0455. The second-order valence-electron chi connectivity index (χ2n) is 6.60. The van der Waals surface area contributed by atoms with E-state index < -0.39 is 43.1 Å². The number of aliphatic hydroxyl groups excluding tert-OH is 4. The number of benzene rings is 1. The Balaban J connectivity index is 2.04. The van der Waals surface area contributed by atoms with Crippen LogP contribution in [0.4, 0.5) is 5.69 Å². The standard InChI is InChI=1S/C18H27NO7/c20-10-14-17(24)18(25)16(23)13(26-14)9-12(7-4-8-15(21)22)19-11-5-2-1-3-6-11/h1-3,5-6,12-14,16-20,23-25H,4,7-10H2,(H,21,22)/t12?,13-,14-,16+,17+,18-/m1/s1. The Morgan fingerprint density at radius 3 is 2.35 bits per heavy atom. The van der Waals surface area contributed by atoms with Crippen LogP contribution in [0.3, 0.4) is 0 Å². The number of ether oxygens (including phenoxy) is 1. The molecule has 8 nitrogen and oxygen atoms in total. The van der Waals surface area contributed by atoms with Crippen molar-refractivity contribution in [1.82, 2.24) is 0 Å². The Morgan fingerprint density at radius 1 is 1.08 bits per heavy atom. The zero-order valence-electron chi connectivity index (χ0n) is 14.4. The van der Waals surface area contributed by atoms with E-state index in [1.165, 1.54) is 0 Å². The van der Waals surface area contributed by atoms with Gasteiger partial charge in [0.05, 0.1) is 12.7 Å². The molecule has 146 valence electrons. The van der Waals surface area contributed by atoms with Gasteiger partial charge in [-0.25, -0.2) is 0 Å². The quantitative estimate of drug-likeness (QED) is 0.356. The van der Waals surface area contributed by atoms with Crippen molar-refractivity contribution in [1.29, 1.82) is 0 Å². The maximum Gasteiger partial charge on any atom is 0.303 e. The molecule has 1 heterocycles. The van der Waals surface area contributed by atoms with Gasteiger partial charge in [0.1, 0.15) is 24.4 Å². The van der Waals surface area contributed by atoms with E-state index in [0.29, 0.717) is 12.8 Å². The number of carbonyl (C=O) groups is 1. The van der Waals surface area contributed by atoms with Gasteiger partial charge in [-0.2, -0.15) is 0 Å². The lowest BCUT2D eigenvalue weighted by Crippen LogP contribution is -2.59. The molecule has 6 atom stereocenters. The fraction of sp³-hybridized carbons (Fsp3) is 0.611. The molecule has 0 bridgehead atoms. The fourth-order valence-corrected chi connectivity index (χ4v) is 3.17. The molecule has 1 saturated heterocycles. The average molecular weight is 369 g/mol. The van der Waals surface area contributed by atoms with E-state index in [1.807, 2.05) is 30.3 Å². The van der Waals surface area contributed by atoms with Crippen LogP contribution in [0.5, 0.6) is 0 Å². The molecule has 26 heavy (non-hydrogen) atoms. The monoisotopic (exact) mass is 369 g/mol. The lowest BCUT2D eigenvalue weighted by molar-refractivity contribution is -0.230. The Hall–Kier alpha value is -1.71. The summed E-state index contributed by atoms with van der Waals surface area (Å²) in [4.78, 5) is 10.8. The fourth-order valence-electron chi connectivity index (χ4n) is 3.17. The summed E-state index contributed by atoms with van der Waals surface area (Å²) in [6.07, 6.45) is -4.56. The number of nitrogens with one attached hydrogen (secondary N) is 1. The van der Waals surface area contributed by atoms with Gasteiger partial charge in [0.25, 0.3) is 0 Å². The minimum absolute atomic E-state index is 0.0294. The van der Waals surface area contributed by atoms with Crippen LogP contribution in [0.1, 0.15) is 25.7 Å². The van der Waals surface area contributed by atoms with E-state index in [1.54, 1.807) is 0 Å². The van der Waals surface area contributed by atoms with Gasteiger partial charge in [0, 0.05) is 18.2 Å². The molecule has 2 rings (SSSR count). The average Bonchev–Trinajstić information content (AvgIpc) is 2.62. The minimum Gasteiger partial charge on any atom is -0.481 e. The highest BCUT2D eigenvalue weighted by Crippen LogP contribution is 2.26. The number of carboxylic acids is 1. The van der Waals surface area contributed by atoms with Gasteiger partial charge in [0.2, 0.25) is 0 Å². The van der Waals surface area contributed by atoms with Crippen LogP contribution in [0.2, 0.25) is 0 Å². The molecule has 0 aliphatic carbocycles. The Morgan fingerprint density at radius 2 is 1.73 bits per heavy atom. The first-order chi connectivity index (χ1) is 12.4. The van der Waals surface area contributed by atoms with E-state index in [4.69, 9.17) is 9.84 Å². The summed E-state index contributed by atoms with van der Waals surface area (Å²) >= 11 is 0. The summed E-state index contributed by atoms with van der Waals surface area (Å²) in [7, 11) is 0. The van der Waals surface area contributed by atoms with Crippen molar-refractivity contribution in [2.45, 2.75) is 62.2 Å². The Bertz CT molecular complexity index is 554. The molecule has 1 fully saturated rings. The van der Waals surface area contributed by atoms with Crippen LogP contribution in [0.15, 0.2) is 30.3 Å². The van der Waals surface area contributed by atoms with Gasteiger partial charge in [-0.05, 0) is 31.4 Å². The van der Waals surface area contributed by atoms with E-state index in [0.717, 1.165) is 5.69 Å². The third-order valence-corrected chi connectivity index (χ3v) is 4.60. The van der Waals surface area contributed by atoms with Gasteiger partial charge in [-0.1, -0.05) is 18.2 Å². The van der Waals surface area contributed by atoms with Crippen molar-refractivity contribution in [3.05, 3.63) is 30.3 Å². The molecule has 0 aromatic heterocycles. The highest BCUT2D eigenvalue weighted by atomic mass is 16.5. The predicted molar refractivity (Wildman–Crippen MR) is 93.7 cm³/mol. The number of hydrogen-bond acceptors (Lipinski definition) is 7. The number of aliphatic carboxylic acids is 1. The molecule has 0 amide bonds. The van der Waals surface area contributed by atoms with Crippen molar-refractivity contribution < 1.29 is 35.1 Å². The topological polar surface area (TPSA) is 139 Å². The summed E-state index contributed by atoms with van der Waals surface area (Å²) < 4.78 is 5.56. The molecule has 0 radical (unpaired) electrons. The van der Waals surface area contributed by atoms with Crippen LogP contribution in [-0.4, -0.2) is 74.7 Å². The first-order valence-corrected chi connectivity index (χ1v) is 8.76. The van der Waals surface area contributed by atoms with Gasteiger partial charge in [-0.3, -0.25) is 4.79 Å². The molecular weight excluding hydrogens is 342 g/mol. The van der Waals surface area contributed by atoms with Gasteiger partial charge < -0.3 is 35.6 Å². The van der Waals surface area contributed by atoms with Crippen LogP contribution in [0.25, 0.3) is 0 Å². The van der Waals surface area contributed by atoms with Crippen molar-refractivity contribution in [3.8, 4) is 0 Å². The maximum absolute atomic E-state index is 10.8. The highest BCUT2D eigenvalue weighted by molar-refractivity contribution is 5.66. The van der Waals surface area contributed by atoms with Crippen LogP contribution >= 0.6 is 0 Å². The third-order valence-electron chi connectivity index (χ3n) is 4.60. The van der Waals surface area contributed by atoms with Crippen molar-refractivity contribution >= 4 is 11.7 Å². The number of aliphatic hydroxyl groups is 4. The largest absolute Gasteiger partial charge is 0.481 e. The zero-order valence-corrected chi connectivity index (χ0v) is 14.4. The van der Waals surface area contributed by atoms with Crippen molar-refractivity contribution in [2.24, 2.45) is 0 Å². The number of para-hydroxylation sites is 1. The Labute approximate surface area is 152 Å². The maximum atomic E-state index is 10.8. The van der Waals surface area contributed by atoms with Crippen molar-refractivity contribution in [2.75, 3.05) is 11.9 Å². The normalized spacial score (nSPS) is 29.9. The summed E-state index contributed by atoms with van der Waals surface area (Å²) in [5.41, 5.74) is 0.845. The molecular formula is C18H27NO7. The molecule has 6 N–H and O–H groups in total. The molecule has 1 aliphatic rings.